The number of terminal acetylenes is 2. The summed E-state index contributed by atoms with van der Waals surface area (Å²) in [6.07, 6.45) is 14.1. The first-order chi connectivity index (χ1) is 20.8. The second kappa shape index (κ2) is 15.1. The molecule has 2 aliphatic rings. The molecule has 0 bridgehead atoms. The summed E-state index contributed by atoms with van der Waals surface area (Å²) in [6, 6.07) is 7.24. The Labute approximate surface area is 259 Å². The lowest BCUT2D eigenvalue weighted by Crippen LogP contribution is -2.30. The fourth-order valence-electron chi connectivity index (χ4n) is 4.16. The second-order valence-corrected chi connectivity index (χ2v) is 10.6. The first-order valence-electron chi connectivity index (χ1n) is 13.8. The number of hydrogen-bond acceptors (Lipinski definition) is 6. The van der Waals surface area contributed by atoms with E-state index in [1.54, 1.807) is 0 Å². The van der Waals surface area contributed by atoms with Gasteiger partial charge in [-0.15, -0.1) is 6.42 Å². The minimum atomic E-state index is -4.65. The van der Waals surface area contributed by atoms with E-state index in [1.807, 2.05) is 45.0 Å². The summed E-state index contributed by atoms with van der Waals surface area (Å²) in [5.41, 5.74) is 2.52. The van der Waals surface area contributed by atoms with Gasteiger partial charge in [-0.25, -0.2) is 14.4 Å². The van der Waals surface area contributed by atoms with Gasteiger partial charge in [-0.3, -0.25) is 0 Å². The Kier molecular flexibility index (Phi) is 11.8. The van der Waals surface area contributed by atoms with Crippen LogP contribution in [0.2, 0.25) is 0 Å². The molecule has 1 aromatic carbocycles. The summed E-state index contributed by atoms with van der Waals surface area (Å²) in [7, 11) is 0. The number of aromatic hydroxyl groups is 1. The van der Waals surface area contributed by atoms with Gasteiger partial charge in [-0.2, -0.15) is 18.2 Å². The molecule has 2 heterocycles. The number of hydroxylamine groups is 2. The van der Waals surface area contributed by atoms with E-state index in [9.17, 15) is 27.9 Å². The number of pyridine rings is 1. The number of nitrogens with one attached hydrogen (secondary N) is 1. The second-order valence-electron chi connectivity index (χ2n) is 10.2. The summed E-state index contributed by atoms with van der Waals surface area (Å²) in [5.74, 6) is 0.210. The maximum Gasteiger partial charge on any atom is 0.398 e. The topological polar surface area (TPSA) is 80.8 Å². The molecule has 0 spiro atoms. The third-order valence-corrected chi connectivity index (χ3v) is 7.26. The average molecular weight is 629 g/mol. The number of rotatable bonds is 9. The first-order valence-corrected chi connectivity index (χ1v) is 14.1. The van der Waals surface area contributed by atoms with Gasteiger partial charge in [0.05, 0.1) is 16.8 Å². The zero-order valence-corrected chi connectivity index (χ0v) is 25.2. The first kappa shape index (κ1) is 34.4. The molecular formula is C33H33ClF4N4O2. The van der Waals surface area contributed by atoms with Crippen molar-refractivity contribution in [1.82, 2.24) is 15.4 Å². The van der Waals surface area contributed by atoms with Crippen molar-refractivity contribution in [3.63, 3.8) is 0 Å². The Morgan fingerprint density at radius 3 is 2.34 bits per heavy atom. The predicted octanol–water partition coefficient (Wildman–Crippen LogP) is 7.63. The van der Waals surface area contributed by atoms with Crippen LogP contribution in [0.3, 0.4) is 0 Å². The SMILES string of the molecule is C#CC(=N\C(=C/C)C1CC1)/C(Cl)=C\C(C)=C/C.C#CNCC(c1cc(C2CN2O)c(O)c(-c2ccc(F)cc2)n1)C(F)(F)F. The van der Waals surface area contributed by atoms with Gasteiger partial charge < -0.3 is 15.6 Å². The molecular weight excluding hydrogens is 596 g/mol. The van der Waals surface area contributed by atoms with Crippen molar-refractivity contribution in [2.75, 3.05) is 13.1 Å². The van der Waals surface area contributed by atoms with E-state index in [0.29, 0.717) is 16.7 Å². The smallest absolute Gasteiger partial charge is 0.398 e. The van der Waals surface area contributed by atoms with Gasteiger partial charge in [0.15, 0.2) is 0 Å². The minimum Gasteiger partial charge on any atom is -0.505 e. The highest BCUT2D eigenvalue weighted by molar-refractivity contribution is 6.46. The van der Waals surface area contributed by atoms with Gasteiger partial charge >= 0.3 is 6.18 Å². The highest BCUT2D eigenvalue weighted by atomic mass is 35.5. The molecule has 3 atom stereocenters. The summed E-state index contributed by atoms with van der Waals surface area (Å²) >= 11 is 6.17. The number of aliphatic imine (C=N–C) groups is 1. The van der Waals surface area contributed by atoms with Gasteiger partial charge in [0.25, 0.3) is 0 Å². The summed E-state index contributed by atoms with van der Waals surface area (Å²) in [6.45, 7) is 5.49. The van der Waals surface area contributed by atoms with Gasteiger partial charge in [-0.05, 0) is 75.9 Å². The fourth-order valence-corrected chi connectivity index (χ4v) is 4.43. The molecule has 1 saturated carbocycles. The summed E-state index contributed by atoms with van der Waals surface area (Å²) < 4.78 is 53.7. The number of halogens is 5. The Hall–Kier alpha value is -4.09. The van der Waals surface area contributed by atoms with Gasteiger partial charge in [0.2, 0.25) is 0 Å². The zero-order chi connectivity index (χ0) is 32.6. The minimum absolute atomic E-state index is 0.108. The molecule has 232 valence electrons. The quantitative estimate of drug-likeness (QED) is 0.0665. The lowest BCUT2D eigenvalue weighted by Gasteiger charge is -2.21. The third-order valence-electron chi connectivity index (χ3n) is 6.97. The van der Waals surface area contributed by atoms with Crippen molar-refractivity contribution in [3.8, 4) is 41.8 Å². The number of aromatic nitrogens is 1. The number of alkyl halides is 3. The van der Waals surface area contributed by atoms with E-state index < -0.39 is 30.5 Å². The van der Waals surface area contributed by atoms with Crippen molar-refractivity contribution in [2.24, 2.45) is 10.9 Å². The Morgan fingerprint density at radius 1 is 1.23 bits per heavy atom. The van der Waals surface area contributed by atoms with E-state index in [0.717, 1.165) is 34.5 Å². The van der Waals surface area contributed by atoms with Crippen molar-refractivity contribution in [1.29, 1.82) is 0 Å². The third kappa shape index (κ3) is 9.20. The van der Waals surface area contributed by atoms with Crippen LogP contribution in [0.4, 0.5) is 17.6 Å². The number of nitrogens with zero attached hydrogens (tertiary/aromatic N) is 3. The van der Waals surface area contributed by atoms with Crippen molar-refractivity contribution in [3.05, 3.63) is 81.9 Å². The highest BCUT2D eigenvalue weighted by Gasteiger charge is 2.44. The Balaban J connectivity index is 0.000000269. The lowest BCUT2D eigenvalue weighted by atomic mass is 9.98. The normalized spacial score (nSPS) is 19.7. The van der Waals surface area contributed by atoms with Crippen LogP contribution in [-0.4, -0.2) is 45.3 Å². The monoisotopic (exact) mass is 628 g/mol. The van der Waals surface area contributed by atoms with E-state index in [2.05, 4.69) is 21.2 Å². The van der Waals surface area contributed by atoms with Crippen molar-refractivity contribution in [2.45, 2.75) is 51.7 Å². The van der Waals surface area contributed by atoms with Gasteiger partial charge in [-0.1, -0.05) is 35.7 Å². The standard InChI is InChI=1S/C18H15F4N3O2.C15H18ClN/c1-2-23-8-13(18(20,21)22)14-7-12(15-9-25(15)27)17(26)16(24-14)10-3-5-11(19)6-4-10;1-5-11(4)10-13(16)15(7-3)17-14(6-2)12-8-9-12/h1,3-7,13,15,23,26-27H,8-9H2;3,5-6,10,12H,8-9H2,1-2,4H3/b;11-5-,13-10+,14-6-,17-15+. The van der Waals surface area contributed by atoms with Crippen LogP contribution in [0.1, 0.15) is 56.8 Å². The number of hydrogen-bond donors (Lipinski definition) is 3. The van der Waals surface area contributed by atoms with Gasteiger partial charge in [0.1, 0.15) is 28.9 Å². The maximum atomic E-state index is 13.5. The molecule has 1 aromatic heterocycles. The molecule has 44 heavy (non-hydrogen) atoms. The molecule has 3 unspecified atom stereocenters. The molecule has 1 aliphatic carbocycles. The molecule has 3 N–H and O–H groups in total. The zero-order valence-electron chi connectivity index (χ0n) is 24.5. The van der Waals surface area contributed by atoms with Crippen molar-refractivity contribution >= 4 is 17.3 Å². The van der Waals surface area contributed by atoms with E-state index >= 15 is 0 Å². The van der Waals surface area contributed by atoms with E-state index in [1.165, 1.54) is 25.0 Å². The lowest BCUT2D eigenvalue weighted by molar-refractivity contribution is -0.149. The molecule has 2 fully saturated rings. The molecule has 6 nitrogen and oxygen atoms in total. The molecule has 1 aliphatic heterocycles. The molecule has 1 saturated heterocycles. The maximum absolute atomic E-state index is 13.5. The molecule has 4 rings (SSSR count). The van der Waals surface area contributed by atoms with Crippen LogP contribution in [0.15, 0.2) is 69.9 Å². The summed E-state index contributed by atoms with van der Waals surface area (Å²) in [4.78, 5) is 8.46. The van der Waals surface area contributed by atoms with Crippen LogP contribution in [0.5, 0.6) is 5.75 Å². The molecule has 2 aromatic rings. The predicted molar refractivity (Wildman–Crippen MR) is 164 cm³/mol. The van der Waals surface area contributed by atoms with Crippen LogP contribution in [0.25, 0.3) is 11.3 Å². The number of benzene rings is 1. The van der Waals surface area contributed by atoms with Crippen LogP contribution >= 0.6 is 11.6 Å². The Bertz CT molecular complexity index is 1550. The van der Waals surface area contributed by atoms with Crippen molar-refractivity contribution < 1.29 is 27.9 Å². The molecule has 0 amide bonds. The highest BCUT2D eigenvalue weighted by Crippen LogP contribution is 2.44. The fraction of sp³-hybridized carbons (Fsp3) is 0.333. The van der Waals surface area contributed by atoms with Crippen LogP contribution in [-0.2, 0) is 0 Å². The van der Waals surface area contributed by atoms with E-state index in [4.69, 9.17) is 24.4 Å². The Morgan fingerprint density at radius 2 is 1.86 bits per heavy atom. The average Bonchev–Trinajstić information content (AvgIpc) is 3.92. The van der Waals surface area contributed by atoms with Crippen LogP contribution in [0, 0.1) is 36.5 Å². The van der Waals surface area contributed by atoms with Gasteiger partial charge in [0, 0.05) is 41.9 Å². The number of allylic oxidation sites excluding steroid dienone is 6. The molecule has 11 heteroatoms. The summed E-state index contributed by atoms with van der Waals surface area (Å²) in [5, 5.41) is 23.6. The van der Waals surface area contributed by atoms with Crippen LogP contribution < -0.4 is 5.32 Å². The van der Waals surface area contributed by atoms with E-state index in [-0.39, 0.29) is 34.8 Å². The molecule has 0 radical (unpaired) electrons. The largest absolute Gasteiger partial charge is 0.505 e.